The van der Waals surface area contributed by atoms with Crippen molar-refractivity contribution in [1.29, 1.82) is 0 Å². The summed E-state index contributed by atoms with van der Waals surface area (Å²) in [5.74, 6) is 2.31. The third-order valence-electron chi connectivity index (χ3n) is 4.07. The first kappa shape index (κ1) is 14.1. The molecule has 23 heavy (non-hydrogen) atoms. The number of hydrogen-bond donors (Lipinski definition) is 0. The molecule has 0 amide bonds. The summed E-state index contributed by atoms with van der Waals surface area (Å²) in [4.78, 5) is 18.1. The van der Waals surface area contributed by atoms with Crippen molar-refractivity contribution in [1.82, 2.24) is 25.0 Å². The molecule has 2 aromatic heterocycles. The number of anilines is 1. The number of rotatable bonds is 3. The van der Waals surface area contributed by atoms with E-state index in [1.165, 1.54) is 0 Å². The second kappa shape index (κ2) is 5.92. The van der Waals surface area contributed by atoms with Crippen molar-refractivity contribution in [2.45, 2.75) is 13.5 Å². The lowest BCUT2D eigenvalue weighted by Crippen LogP contribution is -2.46. The first-order valence-electron chi connectivity index (χ1n) is 7.76. The number of piperazine rings is 1. The number of para-hydroxylation sites is 2. The van der Waals surface area contributed by atoms with Gasteiger partial charge in [-0.1, -0.05) is 17.3 Å². The molecule has 4 rings (SSSR count). The quantitative estimate of drug-likeness (QED) is 0.728. The average Bonchev–Trinajstić information content (AvgIpc) is 3.00. The van der Waals surface area contributed by atoms with Crippen LogP contribution in [-0.4, -0.2) is 51.2 Å². The van der Waals surface area contributed by atoms with E-state index < -0.39 is 0 Å². The van der Waals surface area contributed by atoms with Gasteiger partial charge in [-0.25, -0.2) is 4.98 Å². The molecule has 0 spiro atoms. The Bertz CT molecular complexity index is 809. The fourth-order valence-electron chi connectivity index (χ4n) is 2.84. The van der Waals surface area contributed by atoms with E-state index in [1.54, 1.807) is 0 Å². The zero-order valence-electron chi connectivity index (χ0n) is 13.0. The van der Waals surface area contributed by atoms with Crippen molar-refractivity contribution in [3.63, 3.8) is 0 Å². The normalized spacial score (nSPS) is 16.1. The van der Waals surface area contributed by atoms with Crippen LogP contribution >= 0.6 is 0 Å². The summed E-state index contributed by atoms with van der Waals surface area (Å²) in [7, 11) is 0. The molecule has 1 aliphatic heterocycles. The van der Waals surface area contributed by atoms with Gasteiger partial charge in [0.15, 0.2) is 5.82 Å². The van der Waals surface area contributed by atoms with Crippen LogP contribution in [-0.2, 0) is 6.54 Å². The fourth-order valence-corrected chi connectivity index (χ4v) is 2.84. The maximum absolute atomic E-state index is 5.02. The Balaban J connectivity index is 1.42. The van der Waals surface area contributed by atoms with Gasteiger partial charge in [0.25, 0.3) is 0 Å². The smallest absolute Gasteiger partial charge is 0.223 e. The SMILES string of the molecule is Cc1nc(CN2CCN(c3cnc4ccccc4n3)CC2)no1. The van der Waals surface area contributed by atoms with Crippen LogP contribution in [0.2, 0.25) is 0 Å². The lowest BCUT2D eigenvalue weighted by atomic mass is 10.3. The second-order valence-corrected chi connectivity index (χ2v) is 5.71. The maximum Gasteiger partial charge on any atom is 0.223 e. The van der Waals surface area contributed by atoms with Gasteiger partial charge in [0, 0.05) is 33.1 Å². The van der Waals surface area contributed by atoms with E-state index in [9.17, 15) is 0 Å². The molecule has 118 valence electrons. The number of fused-ring (bicyclic) bond motifs is 1. The van der Waals surface area contributed by atoms with Crippen LogP contribution < -0.4 is 4.90 Å². The van der Waals surface area contributed by atoms with Gasteiger partial charge in [0.1, 0.15) is 5.82 Å². The molecule has 1 aliphatic rings. The standard InChI is InChI=1S/C16H18N6O/c1-12-18-15(20-23-12)11-21-6-8-22(9-7-21)16-10-17-13-4-2-3-5-14(13)19-16/h2-5,10H,6-9,11H2,1H3. The third kappa shape index (κ3) is 3.00. The molecule has 1 aromatic carbocycles. The molecule has 1 fully saturated rings. The van der Waals surface area contributed by atoms with Gasteiger partial charge in [0.2, 0.25) is 5.89 Å². The number of hydrogen-bond acceptors (Lipinski definition) is 7. The Kier molecular flexibility index (Phi) is 3.63. The fraction of sp³-hybridized carbons (Fsp3) is 0.375. The molecule has 7 nitrogen and oxygen atoms in total. The molecule has 0 unspecified atom stereocenters. The summed E-state index contributed by atoms with van der Waals surface area (Å²) in [5.41, 5.74) is 1.87. The Morgan fingerprint density at radius 3 is 2.57 bits per heavy atom. The Morgan fingerprint density at radius 2 is 1.83 bits per heavy atom. The Labute approximate surface area is 133 Å². The summed E-state index contributed by atoms with van der Waals surface area (Å²) < 4.78 is 5.02. The molecule has 1 saturated heterocycles. The highest BCUT2D eigenvalue weighted by Gasteiger charge is 2.20. The molecule has 0 radical (unpaired) electrons. The van der Waals surface area contributed by atoms with Crippen molar-refractivity contribution in [3.8, 4) is 0 Å². The summed E-state index contributed by atoms with van der Waals surface area (Å²) in [6.07, 6.45) is 1.86. The summed E-state index contributed by atoms with van der Waals surface area (Å²) in [5, 5.41) is 3.96. The Morgan fingerprint density at radius 1 is 1.04 bits per heavy atom. The van der Waals surface area contributed by atoms with Crippen LogP contribution in [0.15, 0.2) is 35.0 Å². The van der Waals surface area contributed by atoms with E-state index in [1.807, 2.05) is 37.4 Å². The van der Waals surface area contributed by atoms with Crippen molar-refractivity contribution >= 4 is 16.9 Å². The van der Waals surface area contributed by atoms with E-state index in [-0.39, 0.29) is 0 Å². The molecule has 3 heterocycles. The highest BCUT2D eigenvalue weighted by Crippen LogP contribution is 2.17. The predicted octanol–water partition coefficient (Wildman–Crippen LogP) is 1.64. The first-order chi connectivity index (χ1) is 11.3. The number of aryl methyl sites for hydroxylation is 1. The highest BCUT2D eigenvalue weighted by atomic mass is 16.5. The molecule has 7 heteroatoms. The average molecular weight is 310 g/mol. The lowest BCUT2D eigenvalue weighted by molar-refractivity contribution is 0.239. The zero-order chi connectivity index (χ0) is 15.6. The van der Waals surface area contributed by atoms with Crippen LogP contribution in [0.5, 0.6) is 0 Å². The number of benzene rings is 1. The zero-order valence-corrected chi connectivity index (χ0v) is 13.0. The van der Waals surface area contributed by atoms with Crippen molar-refractivity contribution in [2.75, 3.05) is 31.1 Å². The highest BCUT2D eigenvalue weighted by molar-refractivity contribution is 5.75. The molecule has 0 aliphatic carbocycles. The van der Waals surface area contributed by atoms with Gasteiger partial charge >= 0.3 is 0 Å². The first-order valence-corrected chi connectivity index (χ1v) is 7.76. The lowest BCUT2D eigenvalue weighted by Gasteiger charge is -2.34. The van der Waals surface area contributed by atoms with Crippen molar-refractivity contribution < 1.29 is 4.52 Å². The largest absolute Gasteiger partial charge is 0.353 e. The van der Waals surface area contributed by atoms with Crippen molar-refractivity contribution in [2.24, 2.45) is 0 Å². The van der Waals surface area contributed by atoms with Gasteiger partial charge < -0.3 is 9.42 Å². The monoisotopic (exact) mass is 310 g/mol. The molecular weight excluding hydrogens is 292 g/mol. The van der Waals surface area contributed by atoms with Crippen LogP contribution in [0, 0.1) is 6.92 Å². The van der Waals surface area contributed by atoms with E-state index in [4.69, 9.17) is 9.51 Å². The topological polar surface area (TPSA) is 71.2 Å². The number of aromatic nitrogens is 4. The molecule has 0 saturated carbocycles. The molecule has 0 N–H and O–H groups in total. The minimum absolute atomic E-state index is 0.616. The van der Waals surface area contributed by atoms with Crippen LogP contribution in [0.3, 0.4) is 0 Å². The molecular formula is C16H18N6O. The molecule has 3 aromatic rings. The summed E-state index contributed by atoms with van der Waals surface area (Å²) >= 11 is 0. The van der Waals surface area contributed by atoms with E-state index in [0.29, 0.717) is 5.89 Å². The second-order valence-electron chi connectivity index (χ2n) is 5.71. The van der Waals surface area contributed by atoms with Gasteiger partial charge in [0.05, 0.1) is 23.8 Å². The summed E-state index contributed by atoms with van der Waals surface area (Å²) in [6.45, 7) is 6.28. The number of nitrogens with zero attached hydrogens (tertiary/aromatic N) is 6. The maximum atomic E-state index is 5.02. The van der Waals surface area contributed by atoms with E-state index in [0.717, 1.165) is 55.4 Å². The predicted molar refractivity (Wildman–Crippen MR) is 86.1 cm³/mol. The van der Waals surface area contributed by atoms with E-state index in [2.05, 4.69) is 24.9 Å². The van der Waals surface area contributed by atoms with Gasteiger partial charge in [-0.2, -0.15) is 4.98 Å². The minimum atomic E-state index is 0.616. The van der Waals surface area contributed by atoms with Gasteiger partial charge in [-0.15, -0.1) is 0 Å². The molecule has 0 bridgehead atoms. The van der Waals surface area contributed by atoms with Gasteiger partial charge in [-0.3, -0.25) is 9.88 Å². The van der Waals surface area contributed by atoms with E-state index >= 15 is 0 Å². The van der Waals surface area contributed by atoms with Crippen LogP contribution in [0.1, 0.15) is 11.7 Å². The Hall–Kier alpha value is -2.54. The van der Waals surface area contributed by atoms with Crippen molar-refractivity contribution in [3.05, 3.63) is 42.2 Å². The van der Waals surface area contributed by atoms with Crippen LogP contribution in [0.25, 0.3) is 11.0 Å². The third-order valence-corrected chi connectivity index (χ3v) is 4.07. The minimum Gasteiger partial charge on any atom is -0.353 e. The molecule has 0 atom stereocenters. The van der Waals surface area contributed by atoms with Crippen LogP contribution in [0.4, 0.5) is 5.82 Å². The summed E-state index contributed by atoms with van der Waals surface area (Å²) in [6, 6.07) is 7.96. The van der Waals surface area contributed by atoms with Gasteiger partial charge in [-0.05, 0) is 12.1 Å².